The van der Waals surface area contributed by atoms with E-state index >= 15 is 0 Å². The molecule has 2 aromatic rings. The number of nitrogens with zero attached hydrogens (tertiary/aromatic N) is 4. The summed E-state index contributed by atoms with van der Waals surface area (Å²) in [7, 11) is 0. The van der Waals surface area contributed by atoms with Gasteiger partial charge in [0.15, 0.2) is 0 Å². The zero-order valence-corrected chi connectivity index (χ0v) is 14.4. The van der Waals surface area contributed by atoms with Crippen molar-refractivity contribution in [3.8, 4) is 0 Å². The molecule has 14 heavy (non-hydrogen) atoms. The highest BCUT2D eigenvalue weighted by atomic mass is 127. The average molecular weight is 348 g/mol. The van der Waals surface area contributed by atoms with Crippen molar-refractivity contribution in [2.45, 2.75) is 0 Å². The molecule has 2 heterocycles. The molecule has 0 atom stereocenters. The van der Waals surface area contributed by atoms with E-state index in [1.807, 2.05) is 0 Å². The van der Waals surface area contributed by atoms with Crippen LogP contribution in [0.1, 0.15) is 0 Å². The minimum Gasteiger partial charge on any atom is -0.465 e. The lowest BCUT2D eigenvalue weighted by Gasteiger charge is -1.84. The van der Waals surface area contributed by atoms with Crippen LogP contribution in [-0.4, -0.2) is 63.8 Å². The van der Waals surface area contributed by atoms with Crippen LogP contribution >= 0.6 is 20.3 Å². The third-order valence-corrected chi connectivity index (χ3v) is 5.55. The van der Waals surface area contributed by atoms with Gasteiger partial charge in [0.25, 0.3) is 0 Å². The normalized spacial score (nSPS) is 10.1. The zero-order chi connectivity index (χ0) is 9.97. The highest BCUT2D eigenvalue weighted by molar-refractivity contribution is 14.1. The lowest BCUT2D eigenvalue weighted by Crippen LogP contribution is -2.29. The summed E-state index contributed by atoms with van der Waals surface area (Å²) in [5.41, 5.74) is 0. The Bertz CT molecular complexity index is 432. The van der Waals surface area contributed by atoms with Gasteiger partial charge in [-0.05, 0) is 0 Å². The number of hydrogen-bond donors (Lipinski definition) is 0. The topological polar surface area (TPSA) is 77.8 Å². The van der Waals surface area contributed by atoms with Gasteiger partial charge in [-0.15, -0.1) is 20.4 Å². The molecule has 0 amide bonds. The Labute approximate surface area is 111 Å². The van der Waals surface area contributed by atoms with Crippen molar-refractivity contribution < 1.29 is 8.83 Å². The molecule has 2 rings (SSSR count). The summed E-state index contributed by atoms with van der Waals surface area (Å²) in [6.45, 7) is 0. The summed E-state index contributed by atoms with van der Waals surface area (Å²) in [6, 6.07) is 0. The van der Waals surface area contributed by atoms with Gasteiger partial charge in [0.1, 0.15) is 19.0 Å². The summed E-state index contributed by atoms with van der Waals surface area (Å²) in [5.74, 6) is 0. The first-order valence-electron chi connectivity index (χ1n) is 3.94. The monoisotopic (exact) mass is 348 g/mol. The molecule has 0 radical (unpaired) electrons. The van der Waals surface area contributed by atoms with Crippen LogP contribution in [0.15, 0.2) is 8.83 Å². The molecule has 0 unspecified atom stereocenters. The Balaban J connectivity index is 2.10. The second-order valence-electron chi connectivity index (χ2n) is 2.61. The molecular formula is C4H4Al3IN4O2. The molecular weight excluding hydrogens is 344 g/mol. The number of rotatable bonds is 3. The second kappa shape index (κ2) is 5.09. The van der Waals surface area contributed by atoms with Gasteiger partial charge >= 0.3 is 43.4 Å². The molecule has 0 fully saturated rings. The van der Waals surface area contributed by atoms with Gasteiger partial charge in [0, 0.05) is 0 Å². The van der Waals surface area contributed by atoms with Crippen molar-refractivity contribution in [1.29, 1.82) is 0 Å². The van der Waals surface area contributed by atoms with Gasteiger partial charge < -0.3 is 8.83 Å². The predicted octanol–water partition coefficient (Wildman–Crippen LogP) is -4.49. The second-order valence-corrected chi connectivity index (χ2v) is 8.19. The molecule has 0 saturated carbocycles. The minimum absolute atomic E-state index is 0.380. The average Bonchev–Trinajstić information content (AvgIpc) is 2.76. The van der Waals surface area contributed by atoms with Gasteiger partial charge in [-0.25, -0.2) is 0 Å². The SMILES string of the molecule is [AlH2][c]1nn[c]([AlH][c]2nn[c]([AlH][I])o2)o1. The number of hydrogen-bond acceptors (Lipinski definition) is 6. The van der Waals surface area contributed by atoms with E-state index in [2.05, 4.69) is 40.7 Å². The van der Waals surface area contributed by atoms with Crippen LogP contribution < -0.4 is 19.0 Å². The van der Waals surface area contributed by atoms with Gasteiger partial charge in [0.05, 0.1) is 0 Å². The molecule has 0 bridgehead atoms. The van der Waals surface area contributed by atoms with Crippen molar-refractivity contribution in [2.75, 3.05) is 0 Å². The zero-order valence-electron chi connectivity index (χ0n) is 7.40. The van der Waals surface area contributed by atoms with Crippen LogP contribution in [0.3, 0.4) is 0 Å². The van der Waals surface area contributed by atoms with Crippen molar-refractivity contribution in [3.05, 3.63) is 0 Å². The Kier molecular flexibility index (Phi) is 4.04. The summed E-state index contributed by atoms with van der Waals surface area (Å²) in [4.78, 5) is 0. The van der Waals surface area contributed by atoms with Crippen molar-refractivity contribution in [2.24, 2.45) is 0 Å². The van der Waals surface area contributed by atoms with E-state index in [1.165, 1.54) is 0 Å². The van der Waals surface area contributed by atoms with E-state index in [1.54, 1.807) is 0 Å². The van der Waals surface area contributed by atoms with Crippen LogP contribution in [0.4, 0.5) is 0 Å². The molecule has 0 spiro atoms. The molecule has 2 aromatic heterocycles. The van der Waals surface area contributed by atoms with Gasteiger partial charge in [-0.3, -0.25) is 0 Å². The lowest BCUT2D eigenvalue weighted by atomic mass is 11.4. The standard InChI is InChI=1S/2C2N2O.3Al.HI.4H/c2*1-3-4-2-5-1;;;;;;;;/h;;;;;1H;;;;/q;;;;+1;;;;;/p-1. The Morgan fingerprint density at radius 1 is 1.00 bits per heavy atom. The molecule has 10 heteroatoms. The smallest absolute Gasteiger partial charge is 0.465 e. The highest BCUT2D eigenvalue weighted by Gasteiger charge is 2.15. The van der Waals surface area contributed by atoms with Gasteiger partial charge in [-0.2, -0.15) is 20.3 Å². The molecule has 0 aliphatic carbocycles. The molecule has 0 aliphatic rings. The summed E-state index contributed by atoms with van der Waals surface area (Å²) in [5, 5.41) is 15.6. The lowest BCUT2D eigenvalue weighted by molar-refractivity contribution is 0.614. The number of aromatic nitrogens is 4. The van der Waals surface area contributed by atoms with Crippen LogP contribution in [0.25, 0.3) is 0 Å². The highest BCUT2D eigenvalue weighted by Crippen LogP contribution is 1.76. The van der Waals surface area contributed by atoms with Crippen LogP contribution in [0, 0.1) is 0 Å². The first-order valence-corrected chi connectivity index (χ1v) is 12.2. The molecule has 68 valence electrons. The van der Waals surface area contributed by atoms with Crippen LogP contribution in [-0.2, 0) is 0 Å². The molecule has 6 nitrogen and oxygen atoms in total. The minimum atomic E-state index is -0.841. The van der Waals surface area contributed by atoms with E-state index < -0.39 is 15.2 Å². The Morgan fingerprint density at radius 3 is 2.21 bits per heavy atom. The first kappa shape index (κ1) is 11.1. The molecule has 0 aliphatic heterocycles. The predicted molar refractivity (Wildman–Crippen MR) is 64.0 cm³/mol. The maximum Gasteiger partial charge on any atom is 0.507 e. The molecule has 0 aromatic carbocycles. The number of halogens is 1. The molecule has 0 saturated heterocycles. The fourth-order valence-electron chi connectivity index (χ4n) is 0.952. The van der Waals surface area contributed by atoms with Gasteiger partial charge in [0.2, 0.25) is 0 Å². The van der Waals surface area contributed by atoms with Crippen LogP contribution in [0.5, 0.6) is 0 Å². The van der Waals surface area contributed by atoms with Crippen LogP contribution in [0.2, 0.25) is 0 Å². The summed E-state index contributed by atoms with van der Waals surface area (Å²) in [6.07, 6.45) is 0. The summed E-state index contributed by atoms with van der Waals surface area (Å²) < 4.78 is 13.6. The van der Waals surface area contributed by atoms with E-state index in [4.69, 9.17) is 8.83 Å². The Morgan fingerprint density at radius 2 is 1.64 bits per heavy atom. The van der Waals surface area contributed by atoms with Crippen molar-refractivity contribution in [1.82, 2.24) is 20.4 Å². The van der Waals surface area contributed by atoms with Gasteiger partial charge in [-0.1, -0.05) is 0 Å². The quantitative estimate of drug-likeness (QED) is 0.411. The maximum atomic E-state index is 5.42. The van der Waals surface area contributed by atoms with Crippen molar-refractivity contribution in [3.63, 3.8) is 0 Å². The largest absolute Gasteiger partial charge is 0.507 e. The summed E-state index contributed by atoms with van der Waals surface area (Å²) >= 11 is 1.88. The van der Waals surface area contributed by atoms with Crippen molar-refractivity contribution >= 4 is 82.7 Å². The van der Waals surface area contributed by atoms with E-state index in [9.17, 15) is 0 Å². The first-order chi connectivity index (χ1) is 6.78. The third-order valence-electron chi connectivity index (χ3n) is 1.49. The van der Waals surface area contributed by atoms with E-state index in [-0.39, 0.29) is 11.9 Å². The Hall–Kier alpha value is 0.607. The third kappa shape index (κ3) is 2.81. The van der Waals surface area contributed by atoms with E-state index in [0.717, 1.165) is 25.8 Å². The fourth-order valence-corrected chi connectivity index (χ4v) is 4.11. The maximum absolute atomic E-state index is 5.42. The molecule has 0 N–H and O–H groups in total. The fraction of sp³-hybridized carbons (Fsp3) is 0. The van der Waals surface area contributed by atoms with E-state index in [0.29, 0.717) is 9.51 Å².